The number of Topliss-reactive ketones (excluding diaryl/α,β-unsaturated/α-hetero) is 1. The van der Waals surface area contributed by atoms with Crippen LogP contribution in [0.4, 0.5) is 0 Å². The zero-order chi connectivity index (χ0) is 26.4. The highest BCUT2D eigenvalue weighted by Gasteiger charge is 2.46. The number of carbonyl (C=O) groups is 2. The lowest BCUT2D eigenvalue weighted by Gasteiger charge is -2.26. The molecule has 3 aromatic rings. The number of unbranched alkanes of at least 4 members (excludes halogenated alkanes) is 2. The SMILES string of the molecule is CCCCCOc1ccc(C2/C(=C(\O)c3cc(C)ccc3C)C(=O)C(=O)N2CCc2ccccc2)cc1. The van der Waals surface area contributed by atoms with E-state index >= 15 is 0 Å². The fourth-order valence-corrected chi connectivity index (χ4v) is 4.78. The third kappa shape index (κ3) is 5.93. The largest absolute Gasteiger partial charge is 0.507 e. The topological polar surface area (TPSA) is 66.8 Å². The number of amides is 1. The summed E-state index contributed by atoms with van der Waals surface area (Å²) in [7, 11) is 0. The molecular weight excluding hydrogens is 462 g/mol. The maximum absolute atomic E-state index is 13.4. The molecule has 3 aromatic carbocycles. The maximum Gasteiger partial charge on any atom is 0.295 e. The van der Waals surface area contributed by atoms with Crippen molar-refractivity contribution in [2.45, 2.75) is 52.5 Å². The number of aryl methyl sites for hydroxylation is 2. The van der Waals surface area contributed by atoms with E-state index in [1.54, 1.807) is 4.90 Å². The van der Waals surface area contributed by atoms with Gasteiger partial charge in [-0.2, -0.15) is 0 Å². The molecule has 0 aromatic heterocycles. The van der Waals surface area contributed by atoms with Crippen molar-refractivity contribution in [2.75, 3.05) is 13.2 Å². The fourth-order valence-electron chi connectivity index (χ4n) is 4.78. The number of nitrogens with zero attached hydrogens (tertiary/aromatic N) is 1. The van der Waals surface area contributed by atoms with Crippen LogP contribution in [0.25, 0.3) is 5.76 Å². The summed E-state index contributed by atoms with van der Waals surface area (Å²) in [5.74, 6) is -0.633. The van der Waals surface area contributed by atoms with Gasteiger partial charge in [-0.15, -0.1) is 0 Å². The van der Waals surface area contributed by atoms with Crippen molar-refractivity contribution in [3.8, 4) is 5.75 Å². The van der Waals surface area contributed by atoms with Crippen LogP contribution in [0.5, 0.6) is 5.75 Å². The van der Waals surface area contributed by atoms with Crippen LogP contribution < -0.4 is 4.74 Å². The summed E-state index contributed by atoms with van der Waals surface area (Å²) in [4.78, 5) is 28.2. The Morgan fingerprint density at radius 2 is 1.68 bits per heavy atom. The number of hydrogen-bond acceptors (Lipinski definition) is 4. The molecule has 1 saturated heterocycles. The highest BCUT2D eigenvalue weighted by molar-refractivity contribution is 6.46. The van der Waals surface area contributed by atoms with E-state index in [1.165, 1.54) is 0 Å². The first-order valence-electron chi connectivity index (χ1n) is 13.0. The second-order valence-corrected chi connectivity index (χ2v) is 9.67. The Morgan fingerprint density at radius 3 is 2.38 bits per heavy atom. The summed E-state index contributed by atoms with van der Waals surface area (Å²) in [6.45, 7) is 6.99. The van der Waals surface area contributed by atoms with Gasteiger partial charge in [0.15, 0.2) is 0 Å². The smallest absolute Gasteiger partial charge is 0.295 e. The molecule has 1 aliphatic heterocycles. The minimum atomic E-state index is -0.683. The summed E-state index contributed by atoms with van der Waals surface area (Å²) in [5.41, 5.74) is 4.35. The molecule has 1 amide bonds. The molecule has 4 rings (SSSR count). The van der Waals surface area contributed by atoms with Gasteiger partial charge in [-0.3, -0.25) is 9.59 Å². The molecule has 1 fully saturated rings. The Kier molecular flexibility index (Phi) is 8.44. The molecule has 192 valence electrons. The van der Waals surface area contributed by atoms with E-state index in [-0.39, 0.29) is 11.3 Å². The van der Waals surface area contributed by atoms with Crippen molar-refractivity contribution >= 4 is 17.4 Å². The summed E-state index contributed by atoms with van der Waals surface area (Å²) in [5, 5.41) is 11.4. The molecule has 37 heavy (non-hydrogen) atoms. The second-order valence-electron chi connectivity index (χ2n) is 9.67. The first-order chi connectivity index (χ1) is 17.9. The van der Waals surface area contributed by atoms with E-state index in [0.29, 0.717) is 25.1 Å². The van der Waals surface area contributed by atoms with Crippen LogP contribution in [-0.4, -0.2) is 34.8 Å². The van der Waals surface area contributed by atoms with Crippen LogP contribution in [0, 0.1) is 13.8 Å². The minimum Gasteiger partial charge on any atom is -0.507 e. The molecule has 5 heteroatoms. The molecular formula is C32H35NO4. The maximum atomic E-state index is 13.4. The predicted octanol–water partition coefficient (Wildman–Crippen LogP) is 6.54. The lowest BCUT2D eigenvalue weighted by molar-refractivity contribution is -0.139. The van der Waals surface area contributed by atoms with Crippen molar-refractivity contribution in [2.24, 2.45) is 0 Å². The number of hydrogen-bond donors (Lipinski definition) is 1. The van der Waals surface area contributed by atoms with Gasteiger partial charge in [0.1, 0.15) is 11.5 Å². The summed E-state index contributed by atoms with van der Waals surface area (Å²) < 4.78 is 5.86. The quantitative estimate of drug-likeness (QED) is 0.150. The molecule has 1 heterocycles. The molecule has 0 bridgehead atoms. The molecule has 0 spiro atoms. The van der Waals surface area contributed by atoms with Crippen molar-refractivity contribution in [3.63, 3.8) is 0 Å². The minimum absolute atomic E-state index is 0.128. The molecule has 1 unspecified atom stereocenters. The summed E-state index contributed by atoms with van der Waals surface area (Å²) >= 11 is 0. The van der Waals surface area contributed by atoms with Gasteiger partial charge in [0.05, 0.1) is 18.2 Å². The van der Waals surface area contributed by atoms with Gasteiger partial charge in [0.25, 0.3) is 11.7 Å². The molecule has 0 radical (unpaired) electrons. The highest BCUT2D eigenvalue weighted by atomic mass is 16.5. The van der Waals surface area contributed by atoms with E-state index in [4.69, 9.17) is 4.74 Å². The van der Waals surface area contributed by atoms with Gasteiger partial charge in [0.2, 0.25) is 0 Å². The van der Waals surface area contributed by atoms with E-state index in [0.717, 1.165) is 47.3 Å². The standard InChI is InChI=1S/C32H35NO4/c1-4-5-9-20-37-26-16-14-25(15-17-26)29-28(30(34)27-21-22(2)12-13-23(27)3)31(35)32(36)33(29)19-18-24-10-7-6-8-11-24/h6-8,10-17,21,29,34H,4-5,9,18-20H2,1-3H3/b30-28+. The van der Waals surface area contributed by atoms with Crippen molar-refractivity contribution in [1.29, 1.82) is 0 Å². The second kappa shape index (κ2) is 11.9. The third-order valence-corrected chi connectivity index (χ3v) is 6.88. The molecule has 0 saturated carbocycles. The van der Waals surface area contributed by atoms with Crippen molar-refractivity contribution in [1.82, 2.24) is 4.90 Å². The van der Waals surface area contributed by atoms with Crippen LogP contribution in [0.15, 0.2) is 78.4 Å². The van der Waals surface area contributed by atoms with E-state index < -0.39 is 17.7 Å². The lowest BCUT2D eigenvalue weighted by atomic mass is 9.93. The number of rotatable bonds is 10. The normalized spacial score (nSPS) is 16.8. The Morgan fingerprint density at radius 1 is 0.946 bits per heavy atom. The lowest BCUT2D eigenvalue weighted by Crippen LogP contribution is -2.31. The number of aliphatic hydroxyl groups is 1. The average molecular weight is 498 g/mol. The number of ketones is 1. The van der Waals surface area contributed by atoms with E-state index in [2.05, 4.69) is 6.92 Å². The zero-order valence-corrected chi connectivity index (χ0v) is 21.9. The van der Waals surface area contributed by atoms with E-state index in [1.807, 2.05) is 86.6 Å². The first-order valence-corrected chi connectivity index (χ1v) is 13.0. The van der Waals surface area contributed by atoms with Crippen LogP contribution in [-0.2, 0) is 16.0 Å². The zero-order valence-electron chi connectivity index (χ0n) is 21.9. The molecule has 5 nitrogen and oxygen atoms in total. The first kappa shape index (κ1) is 26.2. The summed E-state index contributed by atoms with van der Waals surface area (Å²) in [6.07, 6.45) is 3.84. The third-order valence-electron chi connectivity index (χ3n) is 6.88. The van der Waals surface area contributed by atoms with Crippen LogP contribution >= 0.6 is 0 Å². The Balaban J connectivity index is 1.72. The predicted molar refractivity (Wildman–Crippen MR) is 147 cm³/mol. The number of ether oxygens (including phenoxy) is 1. The number of benzene rings is 3. The molecule has 1 aliphatic rings. The number of aliphatic hydroxyl groups excluding tert-OH is 1. The van der Waals surface area contributed by atoms with Crippen molar-refractivity contribution in [3.05, 3.63) is 106 Å². The summed E-state index contributed by atoms with van der Waals surface area (Å²) in [6, 6.07) is 22.4. The molecule has 1 atom stereocenters. The Labute approximate surface area is 219 Å². The van der Waals surface area contributed by atoms with Gasteiger partial charge < -0.3 is 14.7 Å². The van der Waals surface area contributed by atoms with Crippen LogP contribution in [0.3, 0.4) is 0 Å². The fraction of sp³-hybridized carbons (Fsp3) is 0.312. The van der Waals surface area contributed by atoms with Gasteiger partial charge in [-0.1, -0.05) is 79.9 Å². The molecule has 0 aliphatic carbocycles. The molecule has 1 N–H and O–H groups in total. The average Bonchev–Trinajstić information content (AvgIpc) is 3.17. The number of carbonyl (C=O) groups excluding carboxylic acids is 2. The van der Waals surface area contributed by atoms with Gasteiger partial charge in [0, 0.05) is 12.1 Å². The highest BCUT2D eigenvalue weighted by Crippen LogP contribution is 2.40. The Hall–Kier alpha value is -3.86. The van der Waals surface area contributed by atoms with E-state index in [9.17, 15) is 14.7 Å². The van der Waals surface area contributed by atoms with Crippen molar-refractivity contribution < 1.29 is 19.4 Å². The number of likely N-dealkylation sites (tertiary alicyclic amines) is 1. The van der Waals surface area contributed by atoms with Gasteiger partial charge in [-0.05, 0) is 61.6 Å². The Bertz CT molecular complexity index is 1280. The van der Waals surface area contributed by atoms with Crippen LogP contribution in [0.1, 0.15) is 60.0 Å². The van der Waals surface area contributed by atoms with Gasteiger partial charge >= 0.3 is 0 Å². The van der Waals surface area contributed by atoms with Crippen LogP contribution in [0.2, 0.25) is 0 Å². The van der Waals surface area contributed by atoms with Gasteiger partial charge in [-0.25, -0.2) is 0 Å². The monoisotopic (exact) mass is 497 g/mol.